The van der Waals surface area contributed by atoms with Crippen molar-refractivity contribution in [2.24, 2.45) is 0 Å². The third-order valence-electron chi connectivity index (χ3n) is 2.31. The molecule has 0 aliphatic carbocycles. The molecule has 0 aliphatic rings. The van der Waals surface area contributed by atoms with Crippen LogP contribution in [-0.2, 0) is 5.54 Å². The lowest BCUT2D eigenvalue weighted by atomic mass is 10.0. The van der Waals surface area contributed by atoms with Gasteiger partial charge in [-0.3, -0.25) is 4.79 Å². The Morgan fingerprint density at radius 3 is 2.72 bits per heavy atom. The SMILES string of the molecule is CC(C)(NC(=O)c1ccc(Cl)cn1)c1ncon1. The predicted octanol–water partition coefficient (Wildman–Crippen LogP) is 1.78. The normalized spacial score (nSPS) is 11.3. The van der Waals surface area contributed by atoms with Crippen molar-refractivity contribution in [1.82, 2.24) is 20.4 Å². The smallest absolute Gasteiger partial charge is 0.270 e. The summed E-state index contributed by atoms with van der Waals surface area (Å²) in [6, 6.07) is 3.15. The summed E-state index contributed by atoms with van der Waals surface area (Å²) in [7, 11) is 0. The van der Waals surface area contributed by atoms with Crippen LogP contribution in [0.3, 0.4) is 0 Å². The highest BCUT2D eigenvalue weighted by Crippen LogP contribution is 2.16. The molecule has 0 radical (unpaired) electrons. The van der Waals surface area contributed by atoms with Gasteiger partial charge in [0.25, 0.3) is 5.91 Å². The number of carbonyl (C=O) groups is 1. The number of pyridine rings is 1. The van der Waals surface area contributed by atoms with Gasteiger partial charge in [-0.15, -0.1) is 0 Å². The number of halogens is 1. The molecule has 2 aromatic rings. The minimum atomic E-state index is -0.745. The fraction of sp³-hybridized carbons (Fsp3) is 0.273. The van der Waals surface area contributed by atoms with Crippen LogP contribution in [0, 0.1) is 0 Å². The molecular formula is C11H11ClN4O2. The van der Waals surface area contributed by atoms with Crippen molar-refractivity contribution in [3.8, 4) is 0 Å². The Labute approximate surface area is 108 Å². The van der Waals surface area contributed by atoms with Crippen molar-refractivity contribution in [2.75, 3.05) is 0 Å². The third kappa shape index (κ3) is 2.65. The largest absolute Gasteiger partial charge is 0.343 e. The molecule has 6 nitrogen and oxygen atoms in total. The number of hydrogen-bond acceptors (Lipinski definition) is 5. The molecule has 2 rings (SSSR count). The Hall–Kier alpha value is -1.95. The predicted molar refractivity (Wildman–Crippen MR) is 64.0 cm³/mol. The molecule has 18 heavy (non-hydrogen) atoms. The molecule has 7 heteroatoms. The first-order valence-electron chi connectivity index (χ1n) is 5.20. The summed E-state index contributed by atoms with van der Waals surface area (Å²) in [6.45, 7) is 3.54. The number of rotatable bonds is 3. The van der Waals surface area contributed by atoms with Gasteiger partial charge in [0.05, 0.1) is 10.6 Å². The Morgan fingerprint density at radius 1 is 1.39 bits per heavy atom. The van der Waals surface area contributed by atoms with Crippen molar-refractivity contribution in [3.05, 3.63) is 41.3 Å². The van der Waals surface area contributed by atoms with Crippen molar-refractivity contribution in [3.63, 3.8) is 0 Å². The van der Waals surface area contributed by atoms with E-state index in [4.69, 9.17) is 11.6 Å². The number of amides is 1. The van der Waals surface area contributed by atoms with Crippen LogP contribution < -0.4 is 5.32 Å². The molecule has 0 aromatic carbocycles. The molecule has 0 fully saturated rings. The summed E-state index contributed by atoms with van der Waals surface area (Å²) in [5, 5.41) is 6.95. The van der Waals surface area contributed by atoms with Crippen LogP contribution in [0.15, 0.2) is 29.2 Å². The van der Waals surface area contributed by atoms with E-state index in [1.807, 2.05) is 0 Å². The van der Waals surface area contributed by atoms with Crippen molar-refractivity contribution >= 4 is 17.5 Å². The highest BCUT2D eigenvalue weighted by Gasteiger charge is 2.28. The minimum absolute atomic E-state index is 0.274. The minimum Gasteiger partial charge on any atom is -0.343 e. The molecule has 0 atom stereocenters. The number of carbonyl (C=O) groups excluding carboxylic acids is 1. The van der Waals surface area contributed by atoms with Gasteiger partial charge in [-0.05, 0) is 26.0 Å². The van der Waals surface area contributed by atoms with Gasteiger partial charge >= 0.3 is 0 Å². The first-order chi connectivity index (χ1) is 8.49. The highest BCUT2D eigenvalue weighted by atomic mass is 35.5. The molecule has 0 unspecified atom stereocenters. The van der Waals surface area contributed by atoms with Gasteiger partial charge < -0.3 is 9.84 Å². The molecule has 0 saturated heterocycles. The summed E-state index contributed by atoms with van der Waals surface area (Å²) in [4.78, 5) is 19.8. The van der Waals surface area contributed by atoms with Crippen LogP contribution in [0.1, 0.15) is 30.2 Å². The molecule has 0 bridgehead atoms. The van der Waals surface area contributed by atoms with Crippen LogP contribution in [0.5, 0.6) is 0 Å². The Morgan fingerprint density at radius 2 is 2.17 bits per heavy atom. The topological polar surface area (TPSA) is 80.9 Å². The zero-order valence-electron chi connectivity index (χ0n) is 9.85. The second-order valence-corrected chi connectivity index (χ2v) is 4.63. The van der Waals surface area contributed by atoms with Gasteiger partial charge in [0.2, 0.25) is 6.39 Å². The molecule has 2 aromatic heterocycles. The molecule has 0 aliphatic heterocycles. The second kappa shape index (κ2) is 4.73. The maximum atomic E-state index is 12.0. The molecule has 94 valence electrons. The van der Waals surface area contributed by atoms with Gasteiger partial charge in [0, 0.05) is 6.20 Å². The maximum Gasteiger partial charge on any atom is 0.270 e. The fourth-order valence-electron chi connectivity index (χ4n) is 1.36. The van der Waals surface area contributed by atoms with E-state index in [0.717, 1.165) is 0 Å². The van der Waals surface area contributed by atoms with Crippen LogP contribution in [0.25, 0.3) is 0 Å². The van der Waals surface area contributed by atoms with E-state index in [0.29, 0.717) is 10.8 Å². The van der Waals surface area contributed by atoms with E-state index < -0.39 is 5.54 Å². The van der Waals surface area contributed by atoms with Crippen molar-refractivity contribution in [2.45, 2.75) is 19.4 Å². The number of aromatic nitrogens is 3. The fourth-order valence-corrected chi connectivity index (χ4v) is 1.47. The second-order valence-electron chi connectivity index (χ2n) is 4.20. The Bertz CT molecular complexity index is 537. The van der Waals surface area contributed by atoms with Gasteiger partial charge in [-0.25, -0.2) is 4.98 Å². The highest BCUT2D eigenvalue weighted by molar-refractivity contribution is 6.30. The van der Waals surface area contributed by atoms with E-state index >= 15 is 0 Å². The monoisotopic (exact) mass is 266 g/mol. The van der Waals surface area contributed by atoms with Crippen molar-refractivity contribution in [1.29, 1.82) is 0 Å². The van der Waals surface area contributed by atoms with E-state index in [9.17, 15) is 4.79 Å². The maximum absolute atomic E-state index is 12.0. The van der Waals surface area contributed by atoms with Gasteiger partial charge in [-0.2, -0.15) is 4.98 Å². The van der Waals surface area contributed by atoms with E-state index in [-0.39, 0.29) is 11.6 Å². The summed E-state index contributed by atoms with van der Waals surface area (Å²) in [5.41, 5.74) is -0.471. The van der Waals surface area contributed by atoms with Crippen LogP contribution in [0.4, 0.5) is 0 Å². The molecule has 0 saturated carbocycles. The molecule has 1 N–H and O–H groups in total. The lowest BCUT2D eigenvalue weighted by Gasteiger charge is -2.21. The van der Waals surface area contributed by atoms with Gasteiger partial charge in [-0.1, -0.05) is 16.8 Å². The van der Waals surface area contributed by atoms with Crippen LogP contribution in [-0.4, -0.2) is 21.0 Å². The molecular weight excluding hydrogens is 256 g/mol. The lowest BCUT2D eigenvalue weighted by molar-refractivity contribution is 0.0902. The quantitative estimate of drug-likeness (QED) is 0.916. The van der Waals surface area contributed by atoms with E-state index in [1.165, 1.54) is 12.6 Å². The number of nitrogens with zero attached hydrogens (tertiary/aromatic N) is 3. The average Bonchev–Trinajstić information content (AvgIpc) is 2.83. The molecule has 1 amide bonds. The average molecular weight is 267 g/mol. The number of nitrogens with one attached hydrogen (secondary N) is 1. The Balaban J connectivity index is 2.14. The van der Waals surface area contributed by atoms with Gasteiger partial charge in [0.1, 0.15) is 5.69 Å². The van der Waals surface area contributed by atoms with Crippen molar-refractivity contribution < 1.29 is 9.32 Å². The van der Waals surface area contributed by atoms with E-state index in [1.54, 1.807) is 26.0 Å². The lowest BCUT2D eigenvalue weighted by Crippen LogP contribution is -2.42. The zero-order chi connectivity index (χ0) is 13.2. The summed E-state index contributed by atoms with van der Waals surface area (Å²) in [5.74, 6) is 0.0614. The van der Waals surface area contributed by atoms with Gasteiger partial charge in [0.15, 0.2) is 5.82 Å². The summed E-state index contributed by atoms with van der Waals surface area (Å²) >= 11 is 5.70. The summed E-state index contributed by atoms with van der Waals surface area (Å²) in [6.07, 6.45) is 2.63. The van der Waals surface area contributed by atoms with Crippen LogP contribution in [0.2, 0.25) is 5.02 Å². The van der Waals surface area contributed by atoms with Crippen LogP contribution >= 0.6 is 11.6 Å². The first kappa shape index (κ1) is 12.5. The van der Waals surface area contributed by atoms with E-state index in [2.05, 4.69) is 25.0 Å². The summed E-state index contributed by atoms with van der Waals surface area (Å²) < 4.78 is 4.66. The molecule has 2 heterocycles. The Kier molecular flexibility index (Phi) is 3.29. The first-order valence-corrected chi connectivity index (χ1v) is 5.58. The third-order valence-corrected chi connectivity index (χ3v) is 2.53. The number of hydrogen-bond donors (Lipinski definition) is 1. The standard InChI is InChI=1S/C11H11ClN4O2/c1-11(2,10-14-6-18-16-10)15-9(17)8-4-3-7(12)5-13-8/h3-6H,1-2H3,(H,15,17). The molecule has 0 spiro atoms. The zero-order valence-corrected chi connectivity index (χ0v) is 10.6.